The molecule has 0 spiro atoms. The van der Waals surface area contributed by atoms with E-state index in [2.05, 4.69) is 9.97 Å². The lowest BCUT2D eigenvalue weighted by Crippen LogP contribution is -2.21. The van der Waals surface area contributed by atoms with Crippen molar-refractivity contribution < 1.29 is 28.6 Å². The molecule has 41 heavy (non-hydrogen) atoms. The van der Waals surface area contributed by atoms with E-state index in [1.165, 1.54) is 47.2 Å². The zero-order chi connectivity index (χ0) is 29.7. The van der Waals surface area contributed by atoms with Crippen molar-refractivity contribution in [1.29, 1.82) is 0 Å². The fraction of sp³-hybridized carbons (Fsp3) is 0.200. The standard InChI is InChI=1S/C28H22FN3O7.C2H6/c1-2-23(34)38-14-39-28(37)25-24(20-4-3-9-30-27(20)36)19-8-6-17(29)11-22(19)32(25)13-16-10-15-5-7-18(33)12-21(15)31-26(16)35;1-2/h3-12,33H,2,13-14H2,1H3,(H,30,36)(H,31,35);1-2H3. The summed E-state index contributed by atoms with van der Waals surface area (Å²) in [5.41, 5.74) is 0.00259. The third kappa shape index (κ3) is 5.88. The van der Waals surface area contributed by atoms with E-state index in [1.54, 1.807) is 25.1 Å². The van der Waals surface area contributed by atoms with E-state index in [1.807, 2.05) is 13.8 Å². The number of aromatic hydroxyl groups is 1. The van der Waals surface area contributed by atoms with Crippen molar-refractivity contribution in [2.24, 2.45) is 0 Å². The number of rotatable bonds is 7. The predicted octanol–water partition coefficient (Wildman–Crippen LogP) is 4.82. The third-order valence-corrected chi connectivity index (χ3v) is 6.24. The highest BCUT2D eigenvalue weighted by Gasteiger charge is 2.27. The van der Waals surface area contributed by atoms with Gasteiger partial charge in [0.15, 0.2) is 0 Å². The first-order chi connectivity index (χ1) is 19.8. The van der Waals surface area contributed by atoms with Gasteiger partial charge in [0.2, 0.25) is 6.79 Å². The lowest BCUT2D eigenvalue weighted by atomic mass is 10.0. The Balaban J connectivity index is 0.00000189. The monoisotopic (exact) mass is 561 g/mol. The van der Waals surface area contributed by atoms with Gasteiger partial charge < -0.3 is 29.1 Å². The minimum Gasteiger partial charge on any atom is -0.508 e. The number of pyridine rings is 2. The van der Waals surface area contributed by atoms with Gasteiger partial charge in [0.05, 0.1) is 17.6 Å². The molecule has 212 valence electrons. The van der Waals surface area contributed by atoms with E-state index >= 15 is 0 Å². The SMILES string of the molecule is CC.CCC(=O)OCOC(=O)c1c(-c2ccc[nH]c2=O)c2ccc(F)cc2n1Cc1cc2ccc(O)cc2[nH]c1=O. The van der Waals surface area contributed by atoms with E-state index in [0.29, 0.717) is 16.3 Å². The van der Waals surface area contributed by atoms with Crippen LogP contribution in [0.2, 0.25) is 0 Å². The molecular formula is C30H28FN3O7. The molecule has 0 bridgehead atoms. The highest BCUT2D eigenvalue weighted by Crippen LogP contribution is 2.35. The highest BCUT2D eigenvalue weighted by molar-refractivity contribution is 6.08. The van der Waals surface area contributed by atoms with Crippen LogP contribution in [0.15, 0.2) is 70.4 Å². The summed E-state index contributed by atoms with van der Waals surface area (Å²) < 4.78 is 26.0. The fourth-order valence-corrected chi connectivity index (χ4v) is 4.43. The molecule has 0 aliphatic rings. The second-order valence-corrected chi connectivity index (χ2v) is 8.70. The molecule has 3 heterocycles. The van der Waals surface area contributed by atoms with Gasteiger partial charge in [-0.05, 0) is 53.9 Å². The number of benzene rings is 2. The maximum Gasteiger partial charge on any atom is 0.358 e. The van der Waals surface area contributed by atoms with Crippen LogP contribution in [0.5, 0.6) is 5.75 Å². The highest BCUT2D eigenvalue weighted by atomic mass is 19.1. The number of halogens is 1. The Labute approximate surface area is 233 Å². The fourth-order valence-electron chi connectivity index (χ4n) is 4.43. The summed E-state index contributed by atoms with van der Waals surface area (Å²) in [5, 5.41) is 10.7. The zero-order valence-corrected chi connectivity index (χ0v) is 22.6. The maximum absolute atomic E-state index is 14.5. The average molecular weight is 562 g/mol. The second-order valence-electron chi connectivity index (χ2n) is 8.70. The Morgan fingerprint density at radius 1 is 1.00 bits per heavy atom. The number of phenolic OH excluding ortho intramolecular Hbond substituents is 1. The molecule has 0 fully saturated rings. The molecule has 10 nitrogen and oxygen atoms in total. The Kier molecular flexibility index (Phi) is 8.66. The van der Waals surface area contributed by atoms with Gasteiger partial charge in [-0.1, -0.05) is 20.8 Å². The lowest BCUT2D eigenvalue weighted by Gasteiger charge is -2.13. The molecule has 2 aromatic carbocycles. The minimum atomic E-state index is -0.948. The van der Waals surface area contributed by atoms with Crippen LogP contribution in [0.1, 0.15) is 43.2 Å². The largest absolute Gasteiger partial charge is 0.508 e. The van der Waals surface area contributed by atoms with Crippen molar-refractivity contribution in [1.82, 2.24) is 14.5 Å². The number of fused-ring (bicyclic) bond motifs is 2. The summed E-state index contributed by atoms with van der Waals surface area (Å²) >= 11 is 0. The number of ether oxygens (including phenoxy) is 2. The summed E-state index contributed by atoms with van der Waals surface area (Å²) in [7, 11) is 0. The Bertz CT molecular complexity index is 1870. The second kappa shape index (κ2) is 12.3. The third-order valence-electron chi connectivity index (χ3n) is 6.24. The normalized spacial score (nSPS) is 10.7. The van der Waals surface area contributed by atoms with Gasteiger partial charge in [-0.2, -0.15) is 0 Å². The van der Waals surface area contributed by atoms with Crippen LogP contribution in [0.4, 0.5) is 4.39 Å². The number of nitrogens with zero attached hydrogens (tertiary/aromatic N) is 1. The lowest BCUT2D eigenvalue weighted by molar-refractivity contribution is -0.151. The first-order valence-electron chi connectivity index (χ1n) is 12.9. The summed E-state index contributed by atoms with van der Waals surface area (Å²) in [5.74, 6) is -2.16. The van der Waals surface area contributed by atoms with E-state index in [0.717, 1.165) is 0 Å². The molecule has 0 atom stereocenters. The minimum absolute atomic E-state index is 0.0238. The number of carbonyl (C=O) groups excluding carboxylic acids is 2. The Hall–Kier alpha value is -5.19. The topological polar surface area (TPSA) is 143 Å². The average Bonchev–Trinajstić information content (AvgIpc) is 3.27. The van der Waals surface area contributed by atoms with E-state index < -0.39 is 35.7 Å². The molecule has 0 aliphatic heterocycles. The molecule has 0 aliphatic carbocycles. The van der Waals surface area contributed by atoms with Crippen LogP contribution in [0.25, 0.3) is 32.9 Å². The Morgan fingerprint density at radius 3 is 2.51 bits per heavy atom. The van der Waals surface area contributed by atoms with Gasteiger partial charge in [0.1, 0.15) is 17.3 Å². The van der Waals surface area contributed by atoms with Gasteiger partial charge in [-0.15, -0.1) is 0 Å². The number of carbonyl (C=O) groups is 2. The first kappa shape index (κ1) is 28.8. The molecular weight excluding hydrogens is 533 g/mol. The van der Waals surface area contributed by atoms with Gasteiger partial charge in [-0.25, -0.2) is 9.18 Å². The maximum atomic E-state index is 14.5. The van der Waals surface area contributed by atoms with Crippen LogP contribution >= 0.6 is 0 Å². The number of nitrogens with one attached hydrogen (secondary N) is 2. The van der Waals surface area contributed by atoms with E-state index in [9.17, 15) is 28.7 Å². The number of hydrogen-bond donors (Lipinski definition) is 3. The molecule has 0 unspecified atom stereocenters. The summed E-state index contributed by atoms with van der Waals surface area (Å²) in [6.45, 7) is 4.71. The van der Waals surface area contributed by atoms with Gasteiger partial charge in [0.25, 0.3) is 11.1 Å². The van der Waals surface area contributed by atoms with Gasteiger partial charge in [-0.3, -0.25) is 14.4 Å². The van der Waals surface area contributed by atoms with Crippen LogP contribution in [-0.4, -0.2) is 38.4 Å². The molecule has 0 saturated carbocycles. The molecule has 0 amide bonds. The molecule has 3 N–H and O–H groups in total. The zero-order valence-electron chi connectivity index (χ0n) is 22.6. The number of hydrogen-bond acceptors (Lipinski definition) is 7. The van der Waals surface area contributed by atoms with Crippen molar-refractivity contribution in [2.75, 3.05) is 6.79 Å². The van der Waals surface area contributed by atoms with E-state index in [-0.39, 0.29) is 46.6 Å². The molecule has 0 radical (unpaired) electrons. The molecule has 11 heteroatoms. The smallest absolute Gasteiger partial charge is 0.358 e. The molecule has 5 rings (SSSR count). The number of phenols is 1. The summed E-state index contributed by atoms with van der Waals surface area (Å²) in [6, 6.07) is 13.0. The number of H-pyrrole nitrogens is 2. The van der Waals surface area contributed by atoms with Crippen molar-refractivity contribution in [3.05, 3.63) is 98.6 Å². The van der Waals surface area contributed by atoms with Gasteiger partial charge in [0, 0.05) is 40.8 Å². The number of aromatic amines is 2. The number of esters is 2. The van der Waals surface area contributed by atoms with Crippen LogP contribution in [-0.2, 0) is 20.8 Å². The molecule has 3 aromatic heterocycles. The van der Waals surface area contributed by atoms with Crippen LogP contribution in [0, 0.1) is 5.82 Å². The molecule has 0 saturated heterocycles. The molecule has 5 aromatic rings. The number of aromatic nitrogens is 3. The van der Waals surface area contributed by atoms with Crippen molar-refractivity contribution >= 4 is 33.7 Å². The van der Waals surface area contributed by atoms with E-state index in [4.69, 9.17) is 9.47 Å². The van der Waals surface area contributed by atoms with Gasteiger partial charge >= 0.3 is 11.9 Å². The predicted molar refractivity (Wildman–Crippen MR) is 151 cm³/mol. The van der Waals surface area contributed by atoms with Crippen LogP contribution < -0.4 is 11.1 Å². The quantitative estimate of drug-likeness (QED) is 0.191. The van der Waals surface area contributed by atoms with Crippen molar-refractivity contribution in [3.8, 4) is 16.9 Å². The Morgan fingerprint density at radius 2 is 1.78 bits per heavy atom. The first-order valence-corrected chi connectivity index (χ1v) is 12.9. The van der Waals surface area contributed by atoms with Crippen molar-refractivity contribution in [2.45, 2.75) is 33.7 Å². The van der Waals surface area contributed by atoms with Crippen molar-refractivity contribution in [3.63, 3.8) is 0 Å². The summed E-state index contributed by atoms with van der Waals surface area (Å²) in [4.78, 5) is 56.1. The summed E-state index contributed by atoms with van der Waals surface area (Å²) in [6.07, 6.45) is 1.50. The van der Waals surface area contributed by atoms with Crippen LogP contribution in [0.3, 0.4) is 0 Å².